The van der Waals surface area contributed by atoms with E-state index in [0.29, 0.717) is 12.3 Å². The molecular weight excluding hydrogens is 340 g/mol. The zero-order chi connectivity index (χ0) is 20.0. The van der Waals surface area contributed by atoms with Crippen molar-refractivity contribution in [2.45, 2.75) is 77.7 Å². The molecule has 0 spiro atoms. The van der Waals surface area contributed by atoms with Crippen molar-refractivity contribution >= 4 is 11.9 Å². The molecule has 4 atom stereocenters. The molecule has 4 nitrogen and oxygen atoms in total. The molecule has 0 heterocycles. The van der Waals surface area contributed by atoms with Gasteiger partial charge < -0.3 is 9.47 Å². The normalized spacial score (nSPS) is 32.4. The van der Waals surface area contributed by atoms with Gasteiger partial charge in [0.2, 0.25) is 0 Å². The first-order valence-electron chi connectivity index (χ1n) is 10.0. The summed E-state index contributed by atoms with van der Waals surface area (Å²) in [4.78, 5) is 24.6. The molecule has 0 saturated heterocycles. The highest BCUT2D eigenvalue weighted by Gasteiger charge is 2.57. The predicted molar refractivity (Wildman–Crippen MR) is 104 cm³/mol. The van der Waals surface area contributed by atoms with Crippen LogP contribution < -0.4 is 0 Å². The fraction of sp³-hybridized carbons (Fsp3) is 0.652. The molecule has 1 aromatic rings. The summed E-state index contributed by atoms with van der Waals surface area (Å²) >= 11 is 0. The van der Waals surface area contributed by atoms with E-state index < -0.39 is 5.41 Å². The second kappa shape index (κ2) is 6.96. The van der Waals surface area contributed by atoms with Crippen LogP contribution in [0.3, 0.4) is 0 Å². The summed E-state index contributed by atoms with van der Waals surface area (Å²) in [6.45, 7) is 10.1. The molecule has 2 aliphatic rings. The van der Waals surface area contributed by atoms with Gasteiger partial charge in [0.1, 0.15) is 6.10 Å². The second-order valence-electron chi connectivity index (χ2n) is 9.07. The summed E-state index contributed by atoms with van der Waals surface area (Å²) < 4.78 is 11.0. The maximum Gasteiger partial charge on any atom is 0.311 e. The minimum absolute atomic E-state index is 0.0768. The highest BCUT2D eigenvalue weighted by atomic mass is 16.5. The van der Waals surface area contributed by atoms with Gasteiger partial charge in [-0.25, -0.2) is 0 Å². The van der Waals surface area contributed by atoms with Crippen molar-refractivity contribution in [3.63, 3.8) is 0 Å². The lowest BCUT2D eigenvalue weighted by atomic mass is 9.49. The lowest BCUT2D eigenvalue weighted by Gasteiger charge is -2.55. The van der Waals surface area contributed by atoms with E-state index in [9.17, 15) is 9.59 Å². The van der Waals surface area contributed by atoms with Crippen molar-refractivity contribution in [1.82, 2.24) is 0 Å². The minimum Gasteiger partial charge on any atom is -0.469 e. The summed E-state index contributed by atoms with van der Waals surface area (Å²) in [6, 6.07) is 6.60. The Labute approximate surface area is 162 Å². The molecule has 0 radical (unpaired) electrons. The van der Waals surface area contributed by atoms with Crippen LogP contribution >= 0.6 is 0 Å². The van der Waals surface area contributed by atoms with E-state index in [1.165, 1.54) is 25.2 Å². The quantitative estimate of drug-likeness (QED) is 0.696. The van der Waals surface area contributed by atoms with Gasteiger partial charge in [0.15, 0.2) is 0 Å². The van der Waals surface area contributed by atoms with Gasteiger partial charge in [0, 0.05) is 6.92 Å². The largest absolute Gasteiger partial charge is 0.469 e. The molecular formula is C23H32O4. The van der Waals surface area contributed by atoms with Crippen LogP contribution in [-0.2, 0) is 24.5 Å². The lowest BCUT2D eigenvalue weighted by Crippen LogP contribution is -2.53. The van der Waals surface area contributed by atoms with E-state index in [0.717, 1.165) is 24.8 Å². The molecule has 0 amide bonds. The SMILES string of the molecule is COC(=O)[C@]1(C)CCC[C@]2(C)c3ccc(C(C)C)cc3[C@@H](OC(C)=O)C[C@@H]12. The topological polar surface area (TPSA) is 52.6 Å². The Balaban J connectivity index is 2.16. The Kier molecular flexibility index (Phi) is 5.13. The molecule has 0 N–H and O–H groups in total. The van der Waals surface area contributed by atoms with Crippen LogP contribution in [0.1, 0.15) is 89.0 Å². The van der Waals surface area contributed by atoms with Crippen molar-refractivity contribution in [2.75, 3.05) is 7.11 Å². The molecule has 27 heavy (non-hydrogen) atoms. The Morgan fingerprint density at radius 1 is 1.19 bits per heavy atom. The maximum atomic E-state index is 12.7. The Morgan fingerprint density at radius 3 is 2.48 bits per heavy atom. The van der Waals surface area contributed by atoms with E-state index in [1.807, 2.05) is 6.92 Å². The maximum absolute atomic E-state index is 12.7. The average Bonchev–Trinajstić information content (AvgIpc) is 2.61. The number of carbonyl (C=O) groups excluding carboxylic acids is 2. The molecule has 0 bridgehead atoms. The van der Waals surface area contributed by atoms with Gasteiger partial charge in [0.25, 0.3) is 0 Å². The lowest BCUT2D eigenvalue weighted by molar-refractivity contribution is -0.165. The predicted octanol–water partition coefficient (Wildman–Crippen LogP) is 5.06. The number of methoxy groups -OCH3 is 1. The molecule has 148 valence electrons. The summed E-state index contributed by atoms with van der Waals surface area (Å²) in [6.07, 6.45) is 3.19. The Hall–Kier alpha value is -1.84. The Bertz CT molecular complexity index is 753. The van der Waals surface area contributed by atoms with Crippen molar-refractivity contribution in [1.29, 1.82) is 0 Å². The molecule has 1 fully saturated rings. The van der Waals surface area contributed by atoms with Gasteiger partial charge >= 0.3 is 11.9 Å². The third kappa shape index (κ3) is 3.17. The highest BCUT2D eigenvalue weighted by Crippen LogP contribution is 2.60. The number of esters is 2. The summed E-state index contributed by atoms with van der Waals surface area (Å²) in [7, 11) is 1.47. The first-order chi connectivity index (χ1) is 12.6. The Morgan fingerprint density at radius 2 is 1.89 bits per heavy atom. The third-order valence-corrected chi connectivity index (χ3v) is 7.04. The number of rotatable bonds is 3. The van der Waals surface area contributed by atoms with Gasteiger partial charge in [-0.2, -0.15) is 0 Å². The third-order valence-electron chi connectivity index (χ3n) is 7.04. The smallest absolute Gasteiger partial charge is 0.311 e. The zero-order valence-electron chi connectivity index (χ0n) is 17.4. The van der Waals surface area contributed by atoms with Crippen molar-refractivity contribution in [2.24, 2.45) is 11.3 Å². The van der Waals surface area contributed by atoms with Crippen LogP contribution in [0.2, 0.25) is 0 Å². The molecule has 3 rings (SSSR count). The first kappa shape index (κ1) is 19.9. The van der Waals surface area contributed by atoms with Crippen LogP contribution in [-0.4, -0.2) is 19.0 Å². The molecule has 0 unspecified atom stereocenters. The van der Waals surface area contributed by atoms with Gasteiger partial charge in [-0.15, -0.1) is 0 Å². The van der Waals surface area contributed by atoms with Gasteiger partial charge in [-0.1, -0.05) is 45.4 Å². The summed E-state index contributed by atoms with van der Waals surface area (Å²) in [5, 5.41) is 0. The molecule has 0 aromatic heterocycles. The monoisotopic (exact) mass is 372 g/mol. The number of hydrogen-bond acceptors (Lipinski definition) is 4. The van der Waals surface area contributed by atoms with Crippen molar-refractivity contribution < 1.29 is 19.1 Å². The van der Waals surface area contributed by atoms with Crippen molar-refractivity contribution in [3.05, 3.63) is 34.9 Å². The average molecular weight is 373 g/mol. The van der Waals surface area contributed by atoms with Gasteiger partial charge in [0.05, 0.1) is 12.5 Å². The zero-order valence-corrected chi connectivity index (χ0v) is 17.4. The molecule has 0 aliphatic heterocycles. The number of carbonyl (C=O) groups is 2. The van der Waals surface area contributed by atoms with Gasteiger partial charge in [-0.3, -0.25) is 9.59 Å². The van der Waals surface area contributed by atoms with Crippen LogP contribution in [0.5, 0.6) is 0 Å². The first-order valence-corrected chi connectivity index (χ1v) is 10.0. The number of hydrogen-bond donors (Lipinski definition) is 0. The number of ether oxygens (including phenoxy) is 2. The van der Waals surface area contributed by atoms with Crippen molar-refractivity contribution in [3.8, 4) is 0 Å². The number of fused-ring (bicyclic) bond motifs is 3. The molecule has 1 aromatic carbocycles. The molecule has 2 aliphatic carbocycles. The van der Waals surface area contributed by atoms with Crippen LogP contribution in [0.25, 0.3) is 0 Å². The van der Waals surface area contributed by atoms with Crippen LogP contribution in [0.4, 0.5) is 0 Å². The molecule has 4 heteroatoms. The van der Waals surface area contributed by atoms with E-state index in [4.69, 9.17) is 9.47 Å². The van der Waals surface area contributed by atoms with E-state index in [2.05, 4.69) is 39.0 Å². The number of benzene rings is 1. The van der Waals surface area contributed by atoms with E-state index in [-0.39, 0.29) is 29.4 Å². The fourth-order valence-electron chi connectivity index (χ4n) is 5.57. The fourth-order valence-corrected chi connectivity index (χ4v) is 5.57. The van der Waals surface area contributed by atoms with Gasteiger partial charge in [-0.05, 0) is 60.1 Å². The summed E-state index contributed by atoms with van der Waals surface area (Å²) in [5.74, 6) is 0.0563. The minimum atomic E-state index is -0.561. The van der Waals surface area contributed by atoms with Crippen LogP contribution in [0.15, 0.2) is 18.2 Å². The second-order valence-corrected chi connectivity index (χ2v) is 9.07. The molecule has 1 saturated carbocycles. The van der Waals surface area contributed by atoms with E-state index >= 15 is 0 Å². The standard InChI is InChI=1S/C23H32O4/c1-14(2)16-8-9-18-17(12-16)19(27-15(3)24)13-20-22(18,4)10-7-11-23(20,5)21(25)26-6/h8-9,12,14,19-20H,7,10-11,13H2,1-6H3/t19-,20+,22+,23+/m0/s1. The highest BCUT2D eigenvalue weighted by molar-refractivity contribution is 5.77. The van der Waals surface area contributed by atoms with E-state index in [1.54, 1.807) is 0 Å². The summed E-state index contributed by atoms with van der Waals surface area (Å²) in [5.41, 5.74) is 2.91. The van der Waals surface area contributed by atoms with Crippen LogP contribution in [0, 0.1) is 11.3 Å².